The first-order chi connectivity index (χ1) is 9.63. The normalized spacial score (nSPS) is 12.2. The second kappa shape index (κ2) is 6.34. The Kier molecular flexibility index (Phi) is 4.53. The summed E-state index contributed by atoms with van der Waals surface area (Å²) in [6.45, 7) is 4.11. The van der Waals surface area contributed by atoms with Crippen LogP contribution in [0.2, 0.25) is 0 Å². The first-order valence-corrected chi connectivity index (χ1v) is 6.64. The highest BCUT2D eigenvalue weighted by Crippen LogP contribution is 2.15. The number of nitrogens with two attached hydrogens (primary N) is 1. The minimum Gasteiger partial charge on any atom is -0.465 e. The summed E-state index contributed by atoms with van der Waals surface area (Å²) in [5, 5.41) is 0. The minimum atomic E-state index is -0.660. The highest BCUT2D eigenvalue weighted by atomic mass is 16.5. The predicted molar refractivity (Wildman–Crippen MR) is 76.6 cm³/mol. The van der Waals surface area contributed by atoms with Gasteiger partial charge in [0.15, 0.2) is 0 Å². The van der Waals surface area contributed by atoms with Gasteiger partial charge in [-0.3, -0.25) is 4.79 Å². The number of aryl methyl sites for hydroxylation is 1. The smallest absolute Gasteiger partial charge is 0.323 e. The van der Waals surface area contributed by atoms with Crippen molar-refractivity contribution in [3.05, 3.63) is 47.9 Å². The summed E-state index contributed by atoms with van der Waals surface area (Å²) < 4.78 is 6.89. The van der Waals surface area contributed by atoms with Crippen LogP contribution in [0.25, 0.3) is 5.82 Å². The standard InChI is InChI=1S/C15H19N3O2/c1-3-20-15(19)13(16)10-12-7-5-9-18(12)14-11(2)6-4-8-17-14/h4-9,13H,3,10,16H2,1-2H3. The summed E-state index contributed by atoms with van der Waals surface area (Å²) in [7, 11) is 0. The molecular weight excluding hydrogens is 254 g/mol. The lowest BCUT2D eigenvalue weighted by Crippen LogP contribution is -2.35. The topological polar surface area (TPSA) is 70.1 Å². The quantitative estimate of drug-likeness (QED) is 0.840. The van der Waals surface area contributed by atoms with E-state index >= 15 is 0 Å². The number of hydrogen-bond donors (Lipinski definition) is 1. The van der Waals surface area contributed by atoms with Crippen LogP contribution in [0.5, 0.6) is 0 Å². The number of hydrogen-bond acceptors (Lipinski definition) is 4. The number of carbonyl (C=O) groups is 1. The van der Waals surface area contributed by atoms with Crippen LogP contribution in [0, 0.1) is 6.92 Å². The molecule has 0 aliphatic rings. The summed E-state index contributed by atoms with van der Waals surface area (Å²) in [5.41, 5.74) is 7.87. The lowest BCUT2D eigenvalue weighted by Gasteiger charge is -2.14. The fraction of sp³-hybridized carbons (Fsp3) is 0.333. The number of rotatable bonds is 5. The zero-order valence-corrected chi connectivity index (χ0v) is 11.7. The molecule has 2 N–H and O–H groups in total. The van der Waals surface area contributed by atoms with Gasteiger partial charge in [-0.25, -0.2) is 4.98 Å². The van der Waals surface area contributed by atoms with Crippen LogP contribution in [-0.2, 0) is 16.0 Å². The van der Waals surface area contributed by atoms with Gasteiger partial charge in [0, 0.05) is 24.5 Å². The van der Waals surface area contributed by atoms with E-state index < -0.39 is 6.04 Å². The number of esters is 1. The molecule has 0 bridgehead atoms. The van der Waals surface area contributed by atoms with E-state index in [1.54, 1.807) is 13.1 Å². The molecule has 2 heterocycles. The van der Waals surface area contributed by atoms with Crippen LogP contribution in [-0.4, -0.2) is 28.2 Å². The van der Waals surface area contributed by atoms with Gasteiger partial charge < -0.3 is 15.0 Å². The van der Waals surface area contributed by atoms with E-state index in [0.717, 1.165) is 17.1 Å². The minimum absolute atomic E-state index is 0.340. The summed E-state index contributed by atoms with van der Waals surface area (Å²) >= 11 is 0. The molecule has 0 fully saturated rings. The van der Waals surface area contributed by atoms with E-state index in [-0.39, 0.29) is 5.97 Å². The zero-order chi connectivity index (χ0) is 14.5. The van der Waals surface area contributed by atoms with Gasteiger partial charge in [-0.2, -0.15) is 0 Å². The first kappa shape index (κ1) is 14.3. The first-order valence-electron chi connectivity index (χ1n) is 6.64. The highest BCUT2D eigenvalue weighted by molar-refractivity contribution is 5.75. The van der Waals surface area contributed by atoms with Crippen LogP contribution < -0.4 is 5.73 Å². The third-order valence-corrected chi connectivity index (χ3v) is 3.06. The number of ether oxygens (including phenoxy) is 1. The molecule has 106 valence electrons. The Morgan fingerprint density at radius 2 is 2.25 bits per heavy atom. The summed E-state index contributed by atoms with van der Waals surface area (Å²) in [6, 6.07) is 7.09. The van der Waals surface area contributed by atoms with E-state index in [0.29, 0.717) is 13.0 Å². The molecule has 2 aromatic heterocycles. The van der Waals surface area contributed by atoms with Gasteiger partial charge in [-0.15, -0.1) is 0 Å². The van der Waals surface area contributed by atoms with Gasteiger partial charge >= 0.3 is 5.97 Å². The van der Waals surface area contributed by atoms with Gasteiger partial charge in [0.2, 0.25) is 0 Å². The maximum Gasteiger partial charge on any atom is 0.323 e. The third-order valence-electron chi connectivity index (χ3n) is 3.06. The van der Waals surface area contributed by atoms with Crippen molar-refractivity contribution in [2.75, 3.05) is 6.61 Å². The predicted octanol–water partition coefficient (Wildman–Crippen LogP) is 1.61. The van der Waals surface area contributed by atoms with E-state index in [1.807, 2.05) is 42.0 Å². The molecule has 0 saturated carbocycles. The van der Waals surface area contributed by atoms with Crippen molar-refractivity contribution >= 4 is 5.97 Å². The van der Waals surface area contributed by atoms with Crippen LogP contribution >= 0.6 is 0 Å². The van der Waals surface area contributed by atoms with E-state index in [2.05, 4.69) is 4.98 Å². The Bertz CT molecular complexity index is 592. The van der Waals surface area contributed by atoms with Crippen LogP contribution in [0.3, 0.4) is 0 Å². The van der Waals surface area contributed by atoms with Crippen LogP contribution in [0.4, 0.5) is 0 Å². The highest BCUT2D eigenvalue weighted by Gasteiger charge is 2.17. The number of aromatic nitrogens is 2. The molecule has 1 atom stereocenters. The van der Waals surface area contributed by atoms with Crippen molar-refractivity contribution < 1.29 is 9.53 Å². The second-order valence-electron chi connectivity index (χ2n) is 4.58. The molecule has 0 saturated heterocycles. The largest absolute Gasteiger partial charge is 0.465 e. The molecule has 0 amide bonds. The molecule has 5 heteroatoms. The van der Waals surface area contributed by atoms with Gasteiger partial charge in [-0.1, -0.05) is 6.07 Å². The summed E-state index contributed by atoms with van der Waals surface area (Å²) in [6.07, 6.45) is 4.09. The van der Waals surface area contributed by atoms with Gasteiger partial charge in [0.1, 0.15) is 11.9 Å². The maximum absolute atomic E-state index is 11.6. The van der Waals surface area contributed by atoms with Gasteiger partial charge in [0.05, 0.1) is 6.61 Å². The Labute approximate surface area is 118 Å². The van der Waals surface area contributed by atoms with E-state index in [9.17, 15) is 4.79 Å². The fourth-order valence-electron chi connectivity index (χ4n) is 2.08. The summed E-state index contributed by atoms with van der Waals surface area (Å²) in [5.74, 6) is 0.474. The lowest BCUT2D eigenvalue weighted by molar-refractivity contribution is -0.144. The Balaban J connectivity index is 2.22. The molecule has 0 aromatic carbocycles. The van der Waals surface area contributed by atoms with Crippen molar-refractivity contribution in [2.45, 2.75) is 26.3 Å². The van der Waals surface area contributed by atoms with Crippen LogP contribution in [0.1, 0.15) is 18.2 Å². The Morgan fingerprint density at radius 1 is 1.45 bits per heavy atom. The molecule has 0 aliphatic heterocycles. The lowest BCUT2D eigenvalue weighted by atomic mass is 10.1. The molecule has 5 nitrogen and oxygen atoms in total. The SMILES string of the molecule is CCOC(=O)C(N)Cc1cccn1-c1ncccc1C. The monoisotopic (exact) mass is 273 g/mol. The number of carbonyl (C=O) groups excluding carboxylic acids is 1. The number of pyridine rings is 1. The Morgan fingerprint density at radius 3 is 2.95 bits per heavy atom. The Hall–Kier alpha value is -2.14. The average Bonchev–Trinajstić information content (AvgIpc) is 2.87. The average molecular weight is 273 g/mol. The number of nitrogens with zero attached hydrogens (tertiary/aromatic N) is 2. The zero-order valence-electron chi connectivity index (χ0n) is 11.7. The fourth-order valence-corrected chi connectivity index (χ4v) is 2.08. The molecule has 2 aromatic rings. The molecule has 20 heavy (non-hydrogen) atoms. The maximum atomic E-state index is 11.6. The molecule has 0 radical (unpaired) electrons. The summed E-state index contributed by atoms with van der Waals surface area (Å²) in [4.78, 5) is 16.0. The van der Waals surface area contributed by atoms with Crippen molar-refractivity contribution in [3.63, 3.8) is 0 Å². The molecule has 0 spiro atoms. The van der Waals surface area contributed by atoms with Gasteiger partial charge in [0.25, 0.3) is 0 Å². The molecule has 2 rings (SSSR count). The third kappa shape index (κ3) is 3.05. The van der Waals surface area contributed by atoms with E-state index in [4.69, 9.17) is 10.5 Å². The van der Waals surface area contributed by atoms with Crippen molar-refractivity contribution in [2.24, 2.45) is 5.73 Å². The van der Waals surface area contributed by atoms with Crippen LogP contribution in [0.15, 0.2) is 36.7 Å². The molecular formula is C15H19N3O2. The molecule has 1 unspecified atom stereocenters. The van der Waals surface area contributed by atoms with Crippen molar-refractivity contribution in [1.82, 2.24) is 9.55 Å². The molecule has 0 aliphatic carbocycles. The second-order valence-corrected chi connectivity index (χ2v) is 4.58. The van der Waals surface area contributed by atoms with E-state index in [1.165, 1.54) is 0 Å². The van der Waals surface area contributed by atoms with Gasteiger partial charge in [-0.05, 0) is 37.6 Å². The van der Waals surface area contributed by atoms with Crippen molar-refractivity contribution in [1.29, 1.82) is 0 Å². The van der Waals surface area contributed by atoms with Crippen molar-refractivity contribution in [3.8, 4) is 5.82 Å².